The number of carbonyl (C=O) groups is 1. The molecule has 0 aliphatic heterocycles. The van der Waals surface area contributed by atoms with Gasteiger partial charge in [-0.05, 0) is 12.8 Å². The molecule has 3 heteroatoms. The molecule has 0 fully saturated rings. The van der Waals surface area contributed by atoms with Crippen molar-refractivity contribution in [3.63, 3.8) is 0 Å². The van der Waals surface area contributed by atoms with Crippen LogP contribution in [0, 0.1) is 0 Å². The van der Waals surface area contributed by atoms with Gasteiger partial charge in [0.15, 0.2) is 0 Å². The van der Waals surface area contributed by atoms with Gasteiger partial charge in [0.05, 0.1) is 6.61 Å². The van der Waals surface area contributed by atoms with E-state index < -0.39 is 0 Å². The van der Waals surface area contributed by atoms with E-state index in [2.05, 4.69) is 13.8 Å². The fourth-order valence-corrected chi connectivity index (χ4v) is 1.11. The van der Waals surface area contributed by atoms with Crippen molar-refractivity contribution >= 4 is 6.09 Å². The summed E-state index contributed by atoms with van der Waals surface area (Å²) in [5, 5.41) is 0. The van der Waals surface area contributed by atoms with Gasteiger partial charge in [0, 0.05) is 13.6 Å². The Morgan fingerprint density at radius 1 is 1.14 bits per heavy atom. The van der Waals surface area contributed by atoms with E-state index >= 15 is 0 Å². The first-order valence-electron chi connectivity index (χ1n) is 5.60. The topological polar surface area (TPSA) is 29.5 Å². The predicted molar refractivity (Wildman–Crippen MR) is 58.4 cm³/mol. The van der Waals surface area contributed by atoms with E-state index in [4.69, 9.17) is 4.74 Å². The molecule has 0 saturated heterocycles. The number of carbonyl (C=O) groups excluding carboxylic acids is 1. The molecule has 0 rings (SSSR count). The molecule has 84 valence electrons. The number of amides is 1. The molecule has 3 nitrogen and oxygen atoms in total. The number of hydrogen-bond donors (Lipinski definition) is 0. The number of ether oxygens (including phenoxy) is 1. The van der Waals surface area contributed by atoms with Gasteiger partial charge in [-0.3, -0.25) is 0 Å². The van der Waals surface area contributed by atoms with Crippen LogP contribution < -0.4 is 0 Å². The third-order valence-electron chi connectivity index (χ3n) is 2.13. The molecule has 0 unspecified atom stereocenters. The molecular weight excluding hydrogens is 178 g/mol. The van der Waals surface area contributed by atoms with Gasteiger partial charge in [0.25, 0.3) is 0 Å². The zero-order valence-corrected chi connectivity index (χ0v) is 9.71. The van der Waals surface area contributed by atoms with E-state index in [1.807, 2.05) is 0 Å². The Labute approximate surface area is 87.4 Å². The van der Waals surface area contributed by atoms with Gasteiger partial charge in [0.1, 0.15) is 0 Å². The van der Waals surface area contributed by atoms with Gasteiger partial charge in [-0.15, -0.1) is 0 Å². The molecule has 0 heterocycles. The van der Waals surface area contributed by atoms with Crippen LogP contribution in [0.1, 0.15) is 46.0 Å². The van der Waals surface area contributed by atoms with Crippen LogP contribution in [0.15, 0.2) is 0 Å². The standard InChI is InChI=1S/C11H23NO2/c1-4-6-8-10-14-11(13)12(3)9-7-5-2/h4-10H2,1-3H3. The first-order valence-corrected chi connectivity index (χ1v) is 5.60. The molecule has 0 spiro atoms. The number of hydrogen-bond acceptors (Lipinski definition) is 2. The van der Waals surface area contributed by atoms with Gasteiger partial charge in [-0.1, -0.05) is 33.1 Å². The minimum Gasteiger partial charge on any atom is -0.449 e. The van der Waals surface area contributed by atoms with Gasteiger partial charge in [-0.2, -0.15) is 0 Å². The average molecular weight is 201 g/mol. The minimum atomic E-state index is -0.186. The molecule has 1 amide bonds. The van der Waals surface area contributed by atoms with Crippen molar-refractivity contribution < 1.29 is 9.53 Å². The fourth-order valence-electron chi connectivity index (χ4n) is 1.11. The van der Waals surface area contributed by atoms with Gasteiger partial charge in [-0.25, -0.2) is 4.79 Å². The molecule has 0 aliphatic rings. The highest BCUT2D eigenvalue weighted by Crippen LogP contribution is 1.98. The molecule has 0 bridgehead atoms. The SMILES string of the molecule is CCCCCOC(=O)N(C)CCCC. The summed E-state index contributed by atoms with van der Waals surface area (Å²) in [6.07, 6.45) is 5.22. The predicted octanol–water partition coefficient (Wildman–Crippen LogP) is 3.05. The van der Waals surface area contributed by atoms with Crippen molar-refractivity contribution in [2.75, 3.05) is 20.2 Å². The highest BCUT2D eigenvalue weighted by Gasteiger charge is 2.07. The number of unbranched alkanes of at least 4 members (excludes halogenated alkanes) is 3. The summed E-state index contributed by atoms with van der Waals surface area (Å²) in [7, 11) is 1.79. The van der Waals surface area contributed by atoms with Gasteiger partial charge < -0.3 is 9.64 Å². The Bertz CT molecular complexity index is 148. The summed E-state index contributed by atoms with van der Waals surface area (Å²) >= 11 is 0. The molecule has 0 atom stereocenters. The quantitative estimate of drug-likeness (QED) is 0.592. The van der Waals surface area contributed by atoms with Crippen molar-refractivity contribution in [3.05, 3.63) is 0 Å². The summed E-state index contributed by atoms with van der Waals surface area (Å²) in [6.45, 7) is 5.60. The minimum absolute atomic E-state index is 0.186. The Kier molecular flexibility index (Phi) is 8.39. The van der Waals surface area contributed by atoms with Crippen LogP contribution in [0.3, 0.4) is 0 Å². The molecular formula is C11H23NO2. The number of nitrogens with zero attached hydrogens (tertiary/aromatic N) is 1. The summed E-state index contributed by atoms with van der Waals surface area (Å²) < 4.78 is 5.09. The Hall–Kier alpha value is -0.730. The summed E-state index contributed by atoms with van der Waals surface area (Å²) in [4.78, 5) is 13.0. The van der Waals surface area contributed by atoms with Crippen LogP contribution in [0.5, 0.6) is 0 Å². The van der Waals surface area contributed by atoms with E-state index in [1.165, 1.54) is 0 Å². The zero-order chi connectivity index (χ0) is 10.8. The Morgan fingerprint density at radius 3 is 2.36 bits per heavy atom. The lowest BCUT2D eigenvalue weighted by atomic mass is 10.3. The maximum Gasteiger partial charge on any atom is 0.409 e. The average Bonchev–Trinajstić information content (AvgIpc) is 2.20. The summed E-state index contributed by atoms with van der Waals surface area (Å²) in [5.41, 5.74) is 0. The molecule has 0 saturated carbocycles. The van der Waals surface area contributed by atoms with Crippen LogP contribution >= 0.6 is 0 Å². The van der Waals surface area contributed by atoms with Crippen molar-refractivity contribution in [2.24, 2.45) is 0 Å². The second kappa shape index (κ2) is 8.85. The first-order chi connectivity index (χ1) is 6.72. The van der Waals surface area contributed by atoms with E-state index in [0.29, 0.717) is 6.61 Å². The lowest BCUT2D eigenvalue weighted by Gasteiger charge is -2.16. The van der Waals surface area contributed by atoms with E-state index in [1.54, 1.807) is 11.9 Å². The van der Waals surface area contributed by atoms with Crippen LogP contribution in [-0.4, -0.2) is 31.2 Å². The third kappa shape index (κ3) is 6.75. The fraction of sp³-hybridized carbons (Fsp3) is 0.909. The van der Waals surface area contributed by atoms with Crippen molar-refractivity contribution in [3.8, 4) is 0 Å². The molecule has 0 radical (unpaired) electrons. The van der Waals surface area contributed by atoms with Gasteiger partial charge >= 0.3 is 6.09 Å². The van der Waals surface area contributed by atoms with Crippen molar-refractivity contribution in [1.29, 1.82) is 0 Å². The van der Waals surface area contributed by atoms with Crippen LogP contribution in [-0.2, 0) is 4.74 Å². The first kappa shape index (κ1) is 13.3. The number of rotatable bonds is 7. The van der Waals surface area contributed by atoms with Crippen LogP contribution in [0.25, 0.3) is 0 Å². The van der Waals surface area contributed by atoms with Gasteiger partial charge in [0.2, 0.25) is 0 Å². The maximum atomic E-state index is 11.3. The molecule has 0 aliphatic carbocycles. The Morgan fingerprint density at radius 2 is 1.79 bits per heavy atom. The lowest BCUT2D eigenvalue weighted by molar-refractivity contribution is 0.109. The second-order valence-corrected chi connectivity index (χ2v) is 3.60. The van der Waals surface area contributed by atoms with E-state index in [9.17, 15) is 4.79 Å². The second-order valence-electron chi connectivity index (χ2n) is 3.60. The molecule has 0 N–H and O–H groups in total. The molecule has 0 aromatic carbocycles. The molecule has 0 aromatic heterocycles. The monoisotopic (exact) mass is 201 g/mol. The third-order valence-corrected chi connectivity index (χ3v) is 2.13. The maximum absolute atomic E-state index is 11.3. The van der Waals surface area contributed by atoms with Crippen molar-refractivity contribution in [1.82, 2.24) is 4.90 Å². The smallest absolute Gasteiger partial charge is 0.409 e. The molecule has 14 heavy (non-hydrogen) atoms. The normalized spacial score (nSPS) is 9.93. The van der Waals surface area contributed by atoms with Crippen LogP contribution in [0.4, 0.5) is 4.79 Å². The van der Waals surface area contributed by atoms with Crippen molar-refractivity contribution in [2.45, 2.75) is 46.0 Å². The lowest BCUT2D eigenvalue weighted by Crippen LogP contribution is -2.28. The largest absolute Gasteiger partial charge is 0.449 e. The summed E-state index contributed by atoms with van der Waals surface area (Å²) in [6, 6.07) is 0. The highest BCUT2D eigenvalue weighted by atomic mass is 16.6. The highest BCUT2D eigenvalue weighted by molar-refractivity contribution is 5.67. The van der Waals surface area contributed by atoms with E-state index in [0.717, 1.165) is 38.6 Å². The molecule has 0 aromatic rings. The zero-order valence-electron chi connectivity index (χ0n) is 9.71. The van der Waals surface area contributed by atoms with E-state index in [-0.39, 0.29) is 6.09 Å². The Balaban J connectivity index is 3.42. The van der Waals surface area contributed by atoms with Crippen LogP contribution in [0.2, 0.25) is 0 Å². The summed E-state index contributed by atoms with van der Waals surface area (Å²) in [5.74, 6) is 0.